The van der Waals surface area contributed by atoms with Crippen molar-refractivity contribution in [2.75, 3.05) is 19.6 Å². The van der Waals surface area contributed by atoms with Crippen LogP contribution in [-0.2, 0) is 9.59 Å². The summed E-state index contributed by atoms with van der Waals surface area (Å²) < 4.78 is 0. The fourth-order valence-corrected chi connectivity index (χ4v) is 3.07. The highest BCUT2D eigenvalue weighted by Gasteiger charge is 2.35. The smallest absolute Gasteiger partial charge is 0.325 e. The molecule has 2 aliphatic rings. The molecule has 4 amide bonds. The molecule has 3 heterocycles. The monoisotopic (exact) mass is 305 g/mol. The molecule has 8 nitrogen and oxygen atoms in total. The van der Waals surface area contributed by atoms with E-state index < -0.39 is 6.03 Å². The molecule has 1 aromatic rings. The van der Waals surface area contributed by atoms with Crippen molar-refractivity contribution in [3.63, 3.8) is 0 Å². The number of amides is 4. The standard InChI is InChI=1S/C14H19N5O3/c1-9-6-16-17-13(9)10-4-2-3-5-18(10)12(21)8-19-11(20)7-15-14(19)22/h6,10H,2-5,7-8H2,1H3,(H,15,22)(H,16,17)/t10-/m1/s1. The molecule has 2 aliphatic heterocycles. The number of nitrogens with zero attached hydrogens (tertiary/aromatic N) is 3. The lowest BCUT2D eigenvalue weighted by Gasteiger charge is -2.36. The number of aromatic amines is 1. The summed E-state index contributed by atoms with van der Waals surface area (Å²) >= 11 is 0. The van der Waals surface area contributed by atoms with Crippen LogP contribution in [0.3, 0.4) is 0 Å². The van der Waals surface area contributed by atoms with Crippen LogP contribution in [0.25, 0.3) is 0 Å². The summed E-state index contributed by atoms with van der Waals surface area (Å²) in [6, 6.07) is -0.561. The van der Waals surface area contributed by atoms with Crippen LogP contribution in [0, 0.1) is 6.92 Å². The van der Waals surface area contributed by atoms with E-state index in [0.717, 1.165) is 35.4 Å². The lowest BCUT2D eigenvalue weighted by molar-refractivity contribution is -0.139. The largest absolute Gasteiger partial charge is 0.333 e. The van der Waals surface area contributed by atoms with Gasteiger partial charge in [-0.1, -0.05) is 0 Å². The summed E-state index contributed by atoms with van der Waals surface area (Å²) in [6.45, 7) is 2.35. The van der Waals surface area contributed by atoms with Gasteiger partial charge in [0.2, 0.25) is 5.91 Å². The van der Waals surface area contributed by atoms with Crippen molar-refractivity contribution in [2.24, 2.45) is 0 Å². The minimum Gasteiger partial charge on any atom is -0.333 e. The van der Waals surface area contributed by atoms with E-state index >= 15 is 0 Å². The van der Waals surface area contributed by atoms with E-state index in [4.69, 9.17) is 0 Å². The fourth-order valence-electron chi connectivity index (χ4n) is 3.07. The van der Waals surface area contributed by atoms with Crippen molar-refractivity contribution in [3.05, 3.63) is 17.5 Å². The summed E-state index contributed by atoms with van der Waals surface area (Å²) in [7, 11) is 0. The number of piperidine rings is 1. The first-order valence-corrected chi connectivity index (χ1v) is 7.45. The van der Waals surface area contributed by atoms with Crippen LogP contribution < -0.4 is 5.32 Å². The number of carbonyl (C=O) groups is 3. The van der Waals surface area contributed by atoms with Crippen LogP contribution >= 0.6 is 0 Å². The second-order valence-electron chi connectivity index (χ2n) is 5.70. The minimum atomic E-state index is -0.496. The predicted molar refractivity (Wildman–Crippen MR) is 76.7 cm³/mol. The van der Waals surface area contributed by atoms with Gasteiger partial charge < -0.3 is 10.2 Å². The Morgan fingerprint density at radius 2 is 2.23 bits per heavy atom. The average molecular weight is 305 g/mol. The van der Waals surface area contributed by atoms with E-state index in [2.05, 4.69) is 15.5 Å². The van der Waals surface area contributed by atoms with Gasteiger partial charge in [0, 0.05) is 6.54 Å². The summed E-state index contributed by atoms with van der Waals surface area (Å²) in [5, 5.41) is 9.42. The third kappa shape index (κ3) is 2.56. The molecule has 118 valence electrons. The molecule has 8 heteroatoms. The number of urea groups is 1. The fraction of sp³-hybridized carbons (Fsp3) is 0.571. The number of aryl methyl sites for hydroxylation is 1. The van der Waals surface area contributed by atoms with E-state index in [1.807, 2.05) is 6.92 Å². The number of rotatable bonds is 3. The molecule has 0 unspecified atom stereocenters. The molecule has 0 saturated carbocycles. The number of imide groups is 1. The molecule has 22 heavy (non-hydrogen) atoms. The van der Waals surface area contributed by atoms with Crippen LogP contribution in [-0.4, -0.2) is 57.5 Å². The number of likely N-dealkylation sites (tertiary alicyclic amines) is 1. The highest BCUT2D eigenvalue weighted by Crippen LogP contribution is 2.31. The zero-order chi connectivity index (χ0) is 15.7. The van der Waals surface area contributed by atoms with Gasteiger partial charge >= 0.3 is 6.03 Å². The summed E-state index contributed by atoms with van der Waals surface area (Å²) in [5.41, 5.74) is 1.95. The van der Waals surface area contributed by atoms with Crippen molar-refractivity contribution in [3.8, 4) is 0 Å². The van der Waals surface area contributed by atoms with E-state index in [-0.39, 0.29) is 30.9 Å². The maximum absolute atomic E-state index is 12.6. The lowest BCUT2D eigenvalue weighted by Crippen LogP contribution is -2.46. The van der Waals surface area contributed by atoms with Crippen LogP contribution in [0.5, 0.6) is 0 Å². The highest BCUT2D eigenvalue weighted by atomic mass is 16.2. The van der Waals surface area contributed by atoms with Gasteiger partial charge in [0.15, 0.2) is 0 Å². The van der Waals surface area contributed by atoms with Gasteiger partial charge in [-0.15, -0.1) is 0 Å². The van der Waals surface area contributed by atoms with E-state index in [1.165, 1.54) is 0 Å². The third-order valence-electron chi connectivity index (χ3n) is 4.25. The predicted octanol–water partition coefficient (Wildman–Crippen LogP) is 0.324. The molecule has 0 spiro atoms. The Morgan fingerprint density at radius 1 is 1.41 bits per heavy atom. The van der Waals surface area contributed by atoms with Crippen LogP contribution in [0.1, 0.15) is 36.6 Å². The van der Waals surface area contributed by atoms with Crippen LogP contribution in [0.4, 0.5) is 4.79 Å². The van der Waals surface area contributed by atoms with E-state index in [0.29, 0.717) is 6.54 Å². The van der Waals surface area contributed by atoms with Gasteiger partial charge in [0.05, 0.1) is 24.5 Å². The molecule has 0 bridgehead atoms. The maximum atomic E-state index is 12.6. The second-order valence-corrected chi connectivity index (χ2v) is 5.70. The Labute approximate surface area is 127 Å². The molecule has 1 atom stereocenters. The normalized spacial score (nSPS) is 22.1. The molecule has 2 saturated heterocycles. The quantitative estimate of drug-likeness (QED) is 0.786. The van der Waals surface area contributed by atoms with Crippen molar-refractivity contribution >= 4 is 17.8 Å². The zero-order valence-corrected chi connectivity index (χ0v) is 12.5. The second kappa shape index (κ2) is 5.78. The van der Waals surface area contributed by atoms with Crippen molar-refractivity contribution in [1.29, 1.82) is 0 Å². The van der Waals surface area contributed by atoms with Crippen LogP contribution in [0.2, 0.25) is 0 Å². The zero-order valence-electron chi connectivity index (χ0n) is 12.5. The highest BCUT2D eigenvalue weighted by molar-refractivity contribution is 6.04. The van der Waals surface area contributed by atoms with Gasteiger partial charge in [-0.25, -0.2) is 4.79 Å². The first-order chi connectivity index (χ1) is 10.6. The van der Waals surface area contributed by atoms with Gasteiger partial charge in [-0.3, -0.25) is 19.6 Å². The minimum absolute atomic E-state index is 0.0325. The average Bonchev–Trinajstić information content (AvgIpc) is 3.07. The Bertz CT molecular complexity index is 595. The Balaban J connectivity index is 1.76. The van der Waals surface area contributed by atoms with E-state index in [1.54, 1.807) is 11.1 Å². The molecule has 0 aromatic carbocycles. The molecule has 3 rings (SSSR count). The van der Waals surface area contributed by atoms with Gasteiger partial charge in [-0.05, 0) is 31.7 Å². The Kier molecular flexibility index (Phi) is 3.82. The number of aromatic nitrogens is 2. The van der Waals surface area contributed by atoms with Crippen LogP contribution in [0.15, 0.2) is 6.20 Å². The number of nitrogens with one attached hydrogen (secondary N) is 2. The lowest BCUT2D eigenvalue weighted by atomic mass is 9.97. The van der Waals surface area contributed by atoms with Crippen molar-refractivity contribution in [2.45, 2.75) is 32.2 Å². The van der Waals surface area contributed by atoms with E-state index in [9.17, 15) is 14.4 Å². The Hall–Kier alpha value is -2.38. The van der Waals surface area contributed by atoms with Gasteiger partial charge in [0.1, 0.15) is 6.54 Å². The number of H-pyrrole nitrogens is 1. The number of hydrogen-bond donors (Lipinski definition) is 2. The third-order valence-corrected chi connectivity index (χ3v) is 4.25. The molecular weight excluding hydrogens is 286 g/mol. The topological polar surface area (TPSA) is 98.4 Å². The summed E-state index contributed by atoms with van der Waals surface area (Å²) in [4.78, 5) is 38.5. The first kappa shape index (κ1) is 14.6. The van der Waals surface area contributed by atoms with Gasteiger partial charge in [0.25, 0.3) is 5.91 Å². The summed E-state index contributed by atoms with van der Waals surface area (Å²) in [5.74, 6) is -0.561. The van der Waals surface area contributed by atoms with Crippen molar-refractivity contribution in [1.82, 2.24) is 25.3 Å². The summed E-state index contributed by atoms with van der Waals surface area (Å²) in [6.07, 6.45) is 4.56. The number of carbonyl (C=O) groups excluding carboxylic acids is 3. The molecule has 2 N–H and O–H groups in total. The van der Waals surface area contributed by atoms with Crippen molar-refractivity contribution < 1.29 is 14.4 Å². The molecular formula is C14H19N5O3. The first-order valence-electron chi connectivity index (χ1n) is 7.45. The molecule has 0 aliphatic carbocycles. The molecule has 2 fully saturated rings. The SMILES string of the molecule is Cc1cn[nH]c1[C@H]1CCCCN1C(=O)CN1C(=O)CNC1=O. The number of hydrogen-bond acceptors (Lipinski definition) is 4. The van der Waals surface area contributed by atoms with Gasteiger partial charge in [-0.2, -0.15) is 5.10 Å². The maximum Gasteiger partial charge on any atom is 0.325 e. The molecule has 0 radical (unpaired) electrons. The molecule has 1 aromatic heterocycles. The Morgan fingerprint density at radius 3 is 2.86 bits per heavy atom.